The molecule has 0 aliphatic heterocycles. The zero-order chi connectivity index (χ0) is 15.5. The molecule has 0 aliphatic carbocycles. The van der Waals surface area contributed by atoms with Crippen molar-refractivity contribution in [2.45, 2.75) is 17.5 Å². The number of para-hydroxylation sites is 1. The lowest BCUT2D eigenvalue weighted by Gasteiger charge is -2.05. The molecule has 4 rings (SSSR count). The molecule has 0 atom stereocenters. The molecule has 4 aromatic rings. The lowest BCUT2D eigenvalue weighted by molar-refractivity contribution is 0.608. The van der Waals surface area contributed by atoms with E-state index in [2.05, 4.69) is 56.2 Å². The van der Waals surface area contributed by atoms with Crippen molar-refractivity contribution in [3.63, 3.8) is 0 Å². The number of hydrogen-bond acceptors (Lipinski definition) is 6. The van der Waals surface area contributed by atoms with Gasteiger partial charge in [-0.1, -0.05) is 42.1 Å². The number of hydrogen-bond donors (Lipinski definition) is 0. The number of rotatable bonds is 5. The Kier molecular flexibility index (Phi) is 4.04. The third-order valence-electron chi connectivity index (χ3n) is 3.46. The summed E-state index contributed by atoms with van der Waals surface area (Å²) >= 11 is 3.35. The topological polar surface area (TPSA) is 56.5 Å². The first-order chi connectivity index (χ1) is 11.4. The van der Waals surface area contributed by atoms with E-state index in [0.717, 1.165) is 21.8 Å². The molecule has 23 heavy (non-hydrogen) atoms. The van der Waals surface area contributed by atoms with Gasteiger partial charge in [0.1, 0.15) is 0 Å². The molecule has 7 heteroatoms. The molecule has 3 heterocycles. The minimum atomic E-state index is 0.709. The van der Waals surface area contributed by atoms with Crippen molar-refractivity contribution < 1.29 is 0 Å². The van der Waals surface area contributed by atoms with Crippen molar-refractivity contribution in [1.29, 1.82) is 0 Å². The second-order valence-electron chi connectivity index (χ2n) is 4.98. The summed E-state index contributed by atoms with van der Waals surface area (Å²) in [5.74, 6) is 0.791. The molecule has 1 aromatic carbocycles. The Bertz CT molecular complexity index is 912. The summed E-state index contributed by atoms with van der Waals surface area (Å²) in [5.41, 5.74) is 2.23. The SMILES string of the molecule is c1csc(Cn2nnnc2SCc2cccc3cccnc23)c1. The van der Waals surface area contributed by atoms with Crippen LogP contribution in [-0.4, -0.2) is 25.2 Å². The van der Waals surface area contributed by atoms with E-state index in [1.54, 1.807) is 23.1 Å². The number of pyridine rings is 1. The van der Waals surface area contributed by atoms with Crippen LogP contribution in [0.4, 0.5) is 0 Å². The van der Waals surface area contributed by atoms with Crippen LogP contribution in [0.2, 0.25) is 0 Å². The Morgan fingerprint density at radius 1 is 1.09 bits per heavy atom. The van der Waals surface area contributed by atoms with Gasteiger partial charge in [0.05, 0.1) is 12.1 Å². The third kappa shape index (κ3) is 3.11. The van der Waals surface area contributed by atoms with E-state index in [4.69, 9.17) is 0 Å². The van der Waals surface area contributed by atoms with E-state index < -0.39 is 0 Å². The van der Waals surface area contributed by atoms with Crippen LogP contribution in [0.3, 0.4) is 0 Å². The number of tetrazole rings is 1. The summed E-state index contributed by atoms with van der Waals surface area (Å²) in [6.45, 7) is 0.709. The molecule has 5 nitrogen and oxygen atoms in total. The van der Waals surface area contributed by atoms with Crippen LogP contribution in [-0.2, 0) is 12.3 Å². The normalized spacial score (nSPS) is 11.1. The smallest absolute Gasteiger partial charge is 0.209 e. The molecule has 0 amide bonds. The molecule has 0 unspecified atom stereocenters. The minimum absolute atomic E-state index is 0.709. The Labute approximate surface area is 141 Å². The predicted octanol–water partition coefficient (Wildman–Crippen LogP) is 3.62. The van der Waals surface area contributed by atoms with Gasteiger partial charge in [0.25, 0.3) is 0 Å². The van der Waals surface area contributed by atoms with Crippen molar-refractivity contribution in [2.24, 2.45) is 0 Å². The Morgan fingerprint density at radius 3 is 2.96 bits per heavy atom. The molecule has 114 valence electrons. The summed E-state index contributed by atoms with van der Waals surface area (Å²) in [5, 5.41) is 16.1. The van der Waals surface area contributed by atoms with Crippen LogP contribution in [0.5, 0.6) is 0 Å². The van der Waals surface area contributed by atoms with Crippen LogP contribution in [0, 0.1) is 0 Å². The highest BCUT2D eigenvalue weighted by molar-refractivity contribution is 7.98. The lowest BCUT2D eigenvalue weighted by atomic mass is 10.1. The molecule has 0 aliphatic rings. The van der Waals surface area contributed by atoms with Crippen LogP contribution < -0.4 is 0 Å². The fraction of sp³-hybridized carbons (Fsp3) is 0.125. The van der Waals surface area contributed by atoms with Crippen molar-refractivity contribution >= 4 is 34.0 Å². The molecule has 0 spiro atoms. The average Bonchev–Trinajstić information content (AvgIpc) is 3.25. The standard InChI is InChI=1S/C16H13N5S2/c1-4-12-6-2-8-17-15(12)13(5-1)11-23-16-18-19-20-21(16)10-14-7-3-9-22-14/h1-9H,10-11H2. The number of thioether (sulfide) groups is 1. The molecule has 0 N–H and O–H groups in total. The average molecular weight is 339 g/mol. The molecule has 3 aromatic heterocycles. The maximum absolute atomic E-state index is 4.49. The molecule has 0 saturated carbocycles. The van der Waals surface area contributed by atoms with E-state index in [9.17, 15) is 0 Å². The maximum Gasteiger partial charge on any atom is 0.209 e. The Balaban J connectivity index is 1.54. The summed E-state index contributed by atoms with van der Waals surface area (Å²) in [6, 6.07) is 14.4. The van der Waals surface area contributed by atoms with Crippen molar-refractivity contribution in [3.05, 3.63) is 64.5 Å². The number of aromatic nitrogens is 5. The van der Waals surface area contributed by atoms with Crippen LogP contribution in [0.25, 0.3) is 10.9 Å². The van der Waals surface area contributed by atoms with Crippen molar-refractivity contribution in [3.8, 4) is 0 Å². The number of fused-ring (bicyclic) bond motifs is 1. The minimum Gasteiger partial charge on any atom is -0.256 e. The predicted molar refractivity (Wildman–Crippen MR) is 92.5 cm³/mol. The van der Waals surface area contributed by atoms with Crippen LogP contribution in [0.1, 0.15) is 10.4 Å². The van der Waals surface area contributed by atoms with E-state index in [1.165, 1.54) is 10.4 Å². The summed E-state index contributed by atoms with van der Waals surface area (Å²) in [6.07, 6.45) is 1.83. The highest BCUT2D eigenvalue weighted by atomic mass is 32.2. The summed E-state index contributed by atoms with van der Waals surface area (Å²) < 4.78 is 1.84. The Morgan fingerprint density at radius 2 is 2.04 bits per heavy atom. The van der Waals surface area contributed by atoms with E-state index in [-0.39, 0.29) is 0 Å². The zero-order valence-electron chi connectivity index (χ0n) is 12.2. The van der Waals surface area contributed by atoms with Gasteiger partial charge >= 0.3 is 0 Å². The van der Waals surface area contributed by atoms with Gasteiger partial charge < -0.3 is 0 Å². The molecule has 0 fully saturated rings. The Hall–Kier alpha value is -2.25. The van der Waals surface area contributed by atoms with E-state index in [1.807, 2.05) is 23.0 Å². The van der Waals surface area contributed by atoms with Gasteiger partial charge in [-0.25, -0.2) is 4.68 Å². The van der Waals surface area contributed by atoms with Gasteiger partial charge in [-0.3, -0.25) is 4.98 Å². The van der Waals surface area contributed by atoms with Gasteiger partial charge in [-0.2, -0.15) is 0 Å². The van der Waals surface area contributed by atoms with Gasteiger partial charge in [0.15, 0.2) is 0 Å². The van der Waals surface area contributed by atoms with Gasteiger partial charge in [0, 0.05) is 22.2 Å². The van der Waals surface area contributed by atoms with Crippen molar-refractivity contribution in [1.82, 2.24) is 25.2 Å². The summed E-state index contributed by atoms with van der Waals surface area (Å²) in [4.78, 5) is 5.74. The lowest BCUT2D eigenvalue weighted by Crippen LogP contribution is -2.02. The monoisotopic (exact) mass is 339 g/mol. The highest BCUT2D eigenvalue weighted by Gasteiger charge is 2.10. The van der Waals surface area contributed by atoms with Crippen LogP contribution in [0.15, 0.2) is 59.2 Å². The number of benzene rings is 1. The zero-order valence-corrected chi connectivity index (χ0v) is 13.8. The molecule has 0 saturated heterocycles. The van der Waals surface area contributed by atoms with Crippen molar-refractivity contribution in [2.75, 3.05) is 0 Å². The second-order valence-corrected chi connectivity index (χ2v) is 6.95. The number of nitrogens with zero attached hydrogens (tertiary/aromatic N) is 5. The number of thiophene rings is 1. The molecular weight excluding hydrogens is 326 g/mol. The van der Waals surface area contributed by atoms with Gasteiger partial charge in [-0.15, -0.1) is 16.4 Å². The van der Waals surface area contributed by atoms with Gasteiger partial charge in [0.2, 0.25) is 5.16 Å². The maximum atomic E-state index is 4.49. The van der Waals surface area contributed by atoms with E-state index in [0.29, 0.717) is 6.54 Å². The first-order valence-corrected chi connectivity index (χ1v) is 9.00. The fourth-order valence-corrected chi connectivity index (χ4v) is 3.92. The quantitative estimate of drug-likeness (QED) is 0.520. The van der Waals surface area contributed by atoms with Gasteiger partial charge in [-0.05, 0) is 33.5 Å². The summed E-state index contributed by atoms with van der Waals surface area (Å²) in [7, 11) is 0. The largest absolute Gasteiger partial charge is 0.256 e. The molecule has 0 bridgehead atoms. The second kappa shape index (κ2) is 6.47. The van der Waals surface area contributed by atoms with Crippen LogP contribution >= 0.6 is 23.1 Å². The molecular formula is C16H13N5S2. The first kappa shape index (κ1) is 14.3. The fourth-order valence-electron chi connectivity index (χ4n) is 2.38. The first-order valence-electron chi connectivity index (χ1n) is 7.14. The highest BCUT2D eigenvalue weighted by Crippen LogP contribution is 2.25. The molecule has 0 radical (unpaired) electrons. The van der Waals surface area contributed by atoms with E-state index >= 15 is 0 Å². The third-order valence-corrected chi connectivity index (χ3v) is 5.32.